The van der Waals surface area contributed by atoms with Crippen LogP contribution in [-0.4, -0.2) is 41.4 Å². The zero-order valence-corrected chi connectivity index (χ0v) is 14.1. The van der Waals surface area contributed by atoms with E-state index in [0.29, 0.717) is 5.71 Å². The molecule has 4 atom stereocenters. The summed E-state index contributed by atoms with van der Waals surface area (Å²) in [5.74, 6) is -5.15. The zero-order valence-electron chi connectivity index (χ0n) is 12.5. The molecule has 1 aromatic carbocycles. The molecular weight excluding hydrogens is 358 g/mol. The van der Waals surface area contributed by atoms with Crippen LogP contribution in [-0.2, 0) is 9.59 Å². The number of Topliss-reactive ketones (excluding diaryl/α,β-unsaturated/α-hetero) is 1. The highest BCUT2D eigenvalue weighted by molar-refractivity contribution is 6.42. The molecule has 24 heavy (non-hydrogen) atoms. The van der Waals surface area contributed by atoms with Crippen LogP contribution in [0, 0.1) is 17.7 Å². The van der Waals surface area contributed by atoms with Crippen molar-refractivity contribution < 1.29 is 19.1 Å². The first-order valence-corrected chi connectivity index (χ1v) is 8.01. The number of carboxylic acid groups (broad SMARTS) is 1. The summed E-state index contributed by atoms with van der Waals surface area (Å²) in [4.78, 5) is 32.5. The molecule has 0 aromatic heterocycles. The summed E-state index contributed by atoms with van der Waals surface area (Å²) in [6, 6.07) is 1.80. The number of ketones is 1. The van der Waals surface area contributed by atoms with Crippen molar-refractivity contribution in [2.45, 2.75) is 18.9 Å². The van der Waals surface area contributed by atoms with E-state index in [9.17, 15) is 19.1 Å². The summed E-state index contributed by atoms with van der Waals surface area (Å²) in [5.41, 5.74) is 0.245. The van der Waals surface area contributed by atoms with Gasteiger partial charge in [-0.15, -0.1) is 0 Å². The van der Waals surface area contributed by atoms with Crippen molar-refractivity contribution in [1.29, 1.82) is 0 Å². The fourth-order valence-electron chi connectivity index (χ4n) is 3.48. The molecule has 3 rings (SSSR count). The van der Waals surface area contributed by atoms with Crippen LogP contribution in [0.4, 0.5) is 4.39 Å². The van der Waals surface area contributed by atoms with Crippen LogP contribution in [0.5, 0.6) is 0 Å². The average Bonchev–Trinajstić information content (AvgIpc) is 2.50. The molecule has 5 nitrogen and oxygen atoms in total. The lowest BCUT2D eigenvalue weighted by molar-refractivity contribution is -0.141. The van der Waals surface area contributed by atoms with Gasteiger partial charge in [0.25, 0.3) is 0 Å². The van der Waals surface area contributed by atoms with Crippen LogP contribution < -0.4 is 0 Å². The first kappa shape index (κ1) is 17.0. The Balaban J connectivity index is 2.27. The van der Waals surface area contributed by atoms with Crippen LogP contribution in [0.25, 0.3) is 0 Å². The van der Waals surface area contributed by atoms with Gasteiger partial charge < -0.3 is 5.11 Å². The van der Waals surface area contributed by atoms with Crippen molar-refractivity contribution >= 4 is 46.9 Å². The summed E-state index contributed by atoms with van der Waals surface area (Å²) in [5, 5.41) is 9.67. The summed E-state index contributed by atoms with van der Waals surface area (Å²) >= 11 is 12.2. The van der Waals surface area contributed by atoms with Gasteiger partial charge >= 0.3 is 5.97 Å². The van der Waals surface area contributed by atoms with Crippen molar-refractivity contribution in [2.24, 2.45) is 21.8 Å². The predicted octanol–water partition coefficient (Wildman–Crippen LogP) is 3.03. The minimum Gasteiger partial charge on any atom is -0.481 e. The van der Waals surface area contributed by atoms with Gasteiger partial charge in [-0.2, -0.15) is 0 Å². The van der Waals surface area contributed by atoms with Gasteiger partial charge in [-0.3, -0.25) is 19.6 Å². The monoisotopic (exact) mass is 370 g/mol. The number of rotatable bonds is 2. The van der Waals surface area contributed by atoms with Gasteiger partial charge in [-0.1, -0.05) is 23.2 Å². The van der Waals surface area contributed by atoms with Crippen LogP contribution in [0.1, 0.15) is 18.4 Å². The molecule has 8 heteroatoms. The number of hydrogen-bond acceptors (Lipinski definition) is 4. The Hall–Kier alpha value is -1.79. The zero-order chi connectivity index (χ0) is 17.6. The van der Waals surface area contributed by atoms with Gasteiger partial charge in [0.05, 0.1) is 28.5 Å². The minimum atomic E-state index is -1.19. The van der Waals surface area contributed by atoms with Gasteiger partial charge in [0.15, 0.2) is 5.78 Å². The SMILES string of the molecule is CC1=NC2C=NCC(=O)C2C(c2c(F)ccc(Cl)c2Cl)C1C(=O)O. The van der Waals surface area contributed by atoms with Crippen molar-refractivity contribution in [3.63, 3.8) is 0 Å². The Kier molecular flexibility index (Phi) is 4.44. The molecule has 1 aromatic rings. The highest BCUT2D eigenvalue weighted by Crippen LogP contribution is 2.46. The summed E-state index contributed by atoms with van der Waals surface area (Å²) in [7, 11) is 0. The number of nitrogens with zero attached hydrogens (tertiary/aromatic N) is 2. The van der Waals surface area contributed by atoms with Crippen molar-refractivity contribution in [2.75, 3.05) is 6.54 Å². The van der Waals surface area contributed by atoms with Crippen LogP contribution in [0.2, 0.25) is 10.0 Å². The van der Waals surface area contributed by atoms with Gasteiger partial charge in [-0.05, 0) is 19.1 Å². The average molecular weight is 371 g/mol. The van der Waals surface area contributed by atoms with Crippen molar-refractivity contribution in [3.8, 4) is 0 Å². The minimum absolute atomic E-state index is 0.0514. The van der Waals surface area contributed by atoms with Gasteiger partial charge in [0.2, 0.25) is 0 Å². The molecule has 0 aliphatic carbocycles. The first-order valence-electron chi connectivity index (χ1n) is 7.26. The molecule has 2 heterocycles. The molecule has 2 aliphatic rings. The molecule has 0 fully saturated rings. The smallest absolute Gasteiger partial charge is 0.312 e. The highest BCUT2D eigenvalue weighted by Gasteiger charge is 2.49. The van der Waals surface area contributed by atoms with Gasteiger partial charge in [0.1, 0.15) is 11.7 Å². The Morgan fingerprint density at radius 1 is 1.33 bits per heavy atom. The molecular formula is C16H13Cl2FN2O3. The van der Waals surface area contributed by atoms with E-state index in [0.717, 1.165) is 6.07 Å². The Morgan fingerprint density at radius 2 is 2.04 bits per heavy atom. The van der Waals surface area contributed by atoms with E-state index >= 15 is 0 Å². The molecule has 4 unspecified atom stereocenters. The number of fused-ring (bicyclic) bond motifs is 1. The second-order valence-electron chi connectivity index (χ2n) is 5.84. The fraction of sp³-hybridized carbons (Fsp3) is 0.375. The van der Waals surface area contributed by atoms with Gasteiger partial charge in [-0.25, -0.2) is 4.39 Å². The molecule has 2 aliphatic heterocycles. The third kappa shape index (κ3) is 2.63. The number of carbonyl (C=O) groups is 2. The third-order valence-corrected chi connectivity index (χ3v) is 5.29. The fourth-order valence-corrected chi connectivity index (χ4v) is 3.92. The number of carboxylic acids is 1. The highest BCUT2D eigenvalue weighted by atomic mass is 35.5. The lowest BCUT2D eigenvalue weighted by atomic mass is 9.67. The number of benzene rings is 1. The predicted molar refractivity (Wildman–Crippen MR) is 89.0 cm³/mol. The standard InChI is InChI=1S/C16H13Cl2FN2O3/c1-6-11(16(23)24)14(12-8(19)3-2-7(17)15(12)18)13-9(21-6)4-20-5-10(13)22/h2-4,9,11,13-14H,5H2,1H3,(H,23,24). The molecule has 0 saturated heterocycles. The quantitative estimate of drug-likeness (QED) is 0.812. The van der Waals surface area contributed by atoms with Crippen LogP contribution >= 0.6 is 23.2 Å². The number of carbonyl (C=O) groups excluding carboxylic acids is 1. The maximum absolute atomic E-state index is 14.5. The topological polar surface area (TPSA) is 79.1 Å². The van der Waals surface area contributed by atoms with Crippen LogP contribution in [0.15, 0.2) is 22.1 Å². The van der Waals surface area contributed by atoms with E-state index in [4.69, 9.17) is 23.2 Å². The Bertz CT molecular complexity index is 794. The van der Waals surface area contributed by atoms with Crippen molar-refractivity contribution in [3.05, 3.63) is 33.6 Å². The second-order valence-corrected chi connectivity index (χ2v) is 6.63. The molecule has 0 bridgehead atoms. The lowest BCUT2D eigenvalue weighted by Gasteiger charge is -2.39. The number of hydrogen-bond donors (Lipinski definition) is 1. The Morgan fingerprint density at radius 3 is 2.71 bits per heavy atom. The van der Waals surface area contributed by atoms with Crippen LogP contribution in [0.3, 0.4) is 0 Å². The number of aliphatic imine (C=N–C) groups is 2. The van der Waals surface area contributed by atoms with E-state index < -0.39 is 35.6 Å². The van der Waals surface area contributed by atoms with Gasteiger partial charge in [0, 0.05) is 23.4 Å². The maximum Gasteiger partial charge on any atom is 0.312 e. The lowest BCUT2D eigenvalue weighted by Crippen LogP contribution is -2.48. The summed E-state index contributed by atoms with van der Waals surface area (Å²) < 4.78 is 14.5. The summed E-state index contributed by atoms with van der Waals surface area (Å²) in [6.07, 6.45) is 1.51. The molecule has 0 spiro atoms. The van der Waals surface area contributed by atoms with E-state index in [2.05, 4.69) is 9.98 Å². The van der Waals surface area contributed by atoms with E-state index in [1.165, 1.54) is 12.3 Å². The molecule has 0 saturated carbocycles. The third-order valence-electron chi connectivity index (χ3n) is 4.47. The van der Waals surface area contributed by atoms with E-state index in [-0.39, 0.29) is 27.9 Å². The van der Waals surface area contributed by atoms with E-state index in [1.54, 1.807) is 6.92 Å². The normalized spacial score (nSPS) is 29.2. The Labute approximate surface area is 147 Å². The molecule has 126 valence electrons. The molecule has 0 radical (unpaired) electrons. The maximum atomic E-state index is 14.5. The molecule has 1 N–H and O–H groups in total. The largest absolute Gasteiger partial charge is 0.481 e. The first-order chi connectivity index (χ1) is 11.3. The van der Waals surface area contributed by atoms with E-state index in [1.807, 2.05) is 0 Å². The summed E-state index contributed by atoms with van der Waals surface area (Å²) in [6.45, 7) is 1.46. The number of halogens is 3. The van der Waals surface area contributed by atoms with Crippen molar-refractivity contribution in [1.82, 2.24) is 0 Å². The number of aliphatic carboxylic acids is 1. The molecule has 0 amide bonds. The second kappa shape index (κ2) is 6.26.